The maximum atomic E-state index is 11.7. The van der Waals surface area contributed by atoms with E-state index in [9.17, 15) is 9.59 Å². The lowest BCUT2D eigenvalue weighted by atomic mass is 10.3. The monoisotopic (exact) mass is 306 g/mol. The summed E-state index contributed by atoms with van der Waals surface area (Å²) in [6.07, 6.45) is 0. The fraction of sp³-hybridized carbons (Fsp3) is 0.545. The Kier molecular flexibility index (Phi) is 7.82. The summed E-state index contributed by atoms with van der Waals surface area (Å²) in [5, 5.41) is 6.13. The second-order valence-electron chi connectivity index (χ2n) is 4.13. The molecule has 1 heterocycles. The van der Waals surface area contributed by atoms with Gasteiger partial charge in [-0.2, -0.15) is 0 Å². The lowest BCUT2D eigenvalue weighted by molar-refractivity contribution is -0.135. The van der Waals surface area contributed by atoms with Crippen LogP contribution in [0.15, 0.2) is 10.6 Å². The van der Waals surface area contributed by atoms with Crippen LogP contribution in [-0.4, -0.2) is 55.2 Å². The molecular weight excluding hydrogens is 288 g/mol. The van der Waals surface area contributed by atoms with Crippen molar-refractivity contribution in [3.05, 3.63) is 11.8 Å². The van der Waals surface area contributed by atoms with Crippen LogP contribution in [0, 0.1) is 6.92 Å². The van der Waals surface area contributed by atoms with Crippen molar-refractivity contribution in [2.75, 3.05) is 32.6 Å². The molecule has 8 nitrogen and oxygen atoms in total. The molecule has 0 fully saturated rings. The molecule has 0 aromatic carbocycles. The van der Waals surface area contributed by atoms with Crippen molar-refractivity contribution < 1.29 is 18.8 Å². The molecule has 20 heavy (non-hydrogen) atoms. The number of halogens is 1. The number of likely N-dealkylation sites (N-methyl/N-ethyl adjacent to an activating group) is 1. The summed E-state index contributed by atoms with van der Waals surface area (Å²) in [6.45, 7) is 1.69. The predicted molar refractivity (Wildman–Crippen MR) is 74.6 cm³/mol. The Hall–Kier alpha value is -1.64. The van der Waals surface area contributed by atoms with Crippen molar-refractivity contribution in [2.24, 2.45) is 5.73 Å². The molecule has 2 amide bonds. The maximum absolute atomic E-state index is 11.7. The second kappa shape index (κ2) is 8.51. The van der Waals surface area contributed by atoms with Crippen LogP contribution in [0.5, 0.6) is 0 Å². The van der Waals surface area contributed by atoms with Crippen molar-refractivity contribution in [2.45, 2.75) is 13.0 Å². The molecule has 0 saturated carbocycles. The third-order valence-electron chi connectivity index (χ3n) is 2.32. The number of methoxy groups -OCH3 is 1. The van der Waals surface area contributed by atoms with Gasteiger partial charge in [-0.15, -0.1) is 12.4 Å². The highest BCUT2D eigenvalue weighted by molar-refractivity contribution is 5.94. The summed E-state index contributed by atoms with van der Waals surface area (Å²) in [5.41, 5.74) is 5.59. The van der Waals surface area contributed by atoms with Crippen LogP contribution >= 0.6 is 12.4 Å². The number of amides is 2. The largest absolute Gasteiger partial charge is 0.383 e. The number of hydrogen-bond acceptors (Lipinski definition) is 6. The molecule has 1 aromatic heterocycles. The van der Waals surface area contributed by atoms with Gasteiger partial charge < -0.3 is 25.2 Å². The number of carbonyl (C=O) groups excluding carboxylic acids is 2. The summed E-state index contributed by atoms with van der Waals surface area (Å²) in [7, 11) is 2.94. The molecular formula is C11H19ClN4O4. The Labute approximate surface area is 123 Å². The molecule has 0 spiro atoms. The zero-order valence-electron chi connectivity index (χ0n) is 11.6. The first-order valence-corrected chi connectivity index (χ1v) is 5.66. The van der Waals surface area contributed by atoms with Gasteiger partial charge in [-0.05, 0) is 6.92 Å². The zero-order valence-corrected chi connectivity index (χ0v) is 12.4. The van der Waals surface area contributed by atoms with E-state index in [-0.39, 0.29) is 37.4 Å². The number of aryl methyl sites for hydroxylation is 1. The molecule has 0 aliphatic carbocycles. The Morgan fingerprint density at radius 2 is 2.25 bits per heavy atom. The molecule has 0 saturated heterocycles. The summed E-state index contributed by atoms with van der Waals surface area (Å²) in [4.78, 5) is 24.6. The number of nitrogens with two attached hydrogens (primary N) is 1. The molecule has 9 heteroatoms. The van der Waals surface area contributed by atoms with Crippen molar-refractivity contribution in [1.82, 2.24) is 10.1 Å². The number of aromatic nitrogens is 1. The Morgan fingerprint density at radius 1 is 1.60 bits per heavy atom. The van der Waals surface area contributed by atoms with Gasteiger partial charge in [-0.1, -0.05) is 5.16 Å². The first kappa shape index (κ1) is 18.4. The fourth-order valence-electron chi connectivity index (χ4n) is 1.43. The van der Waals surface area contributed by atoms with E-state index < -0.39 is 6.04 Å². The summed E-state index contributed by atoms with van der Waals surface area (Å²) < 4.78 is 9.59. The minimum absolute atomic E-state index is 0. The van der Waals surface area contributed by atoms with Crippen LogP contribution in [0.3, 0.4) is 0 Å². The summed E-state index contributed by atoms with van der Waals surface area (Å²) >= 11 is 0. The number of nitrogens with zero attached hydrogens (tertiary/aromatic N) is 2. The van der Waals surface area contributed by atoms with E-state index in [0.29, 0.717) is 11.6 Å². The second-order valence-corrected chi connectivity index (χ2v) is 4.13. The first-order valence-electron chi connectivity index (χ1n) is 5.66. The molecule has 114 valence electrons. The number of anilines is 1. The first-order chi connectivity index (χ1) is 8.93. The van der Waals surface area contributed by atoms with E-state index in [1.807, 2.05) is 0 Å². The van der Waals surface area contributed by atoms with Gasteiger partial charge in [-0.3, -0.25) is 9.59 Å². The number of rotatable bonds is 6. The number of carbonyl (C=O) groups is 2. The van der Waals surface area contributed by atoms with Gasteiger partial charge in [0.15, 0.2) is 5.82 Å². The Bertz CT molecular complexity index is 451. The number of ether oxygens (including phenoxy) is 1. The quantitative estimate of drug-likeness (QED) is 0.751. The van der Waals surface area contributed by atoms with Gasteiger partial charge >= 0.3 is 0 Å². The van der Waals surface area contributed by atoms with E-state index in [4.69, 9.17) is 15.0 Å². The molecule has 1 unspecified atom stereocenters. The lowest BCUT2D eigenvalue weighted by Crippen LogP contribution is -2.46. The average molecular weight is 307 g/mol. The molecule has 1 atom stereocenters. The van der Waals surface area contributed by atoms with E-state index in [2.05, 4.69) is 10.5 Å². The normalized spacial score (nSPS) is 11.4. The van der Waals surface area contributed by atoms with Crippen molar-refractivity contribution in [3.63, 3.8) is 0 Å². The summed E-state index contributed by atoms with van der Waals surface area (Å²) in [6, 6.07) is 0.799. The number of nitrogens with one attached hydrogen (secondary N) is 1. The van der Waals surface area contributed by atoms with E-state index in [0.717, 1.165) is 0 Å². The minimum atomic E-state index is -0.780. The van der Waals surface area contributed by atoms with E-state index in [1.165, 1.54) is 19.1 Å². The van der Waals surface area contributed by atoms with Gasteiger partial charge in [0.25, 0.3) is 0 Å². The van der Waals surface area contributed by atoms with Crippen molar-refractivity contribution in [1.29, 1.82) is 0 Å². The van der Waals surface area contributed by atoms with E-state index in [1.54, 1.807) is 13.0 Å². The van der Waals surface area contributed by atoms with Crippen molar-refractivity contribution >= 4 is 30.0 Å². The van der Waals surface area contributed by atoms with Crippen LogP contribution in [0.25, 0.3) is 0 Å². The van der Waals surface area contributed by atoms with Gasteiger partial charge in [0.1, 0.15) is 11.8 Å². The molecule has 0 aliphatic heterocycles. The van der Waals surface area contributed by atoms with Crippen LogP contribution in [0.1, 0.15) is 5.76 Å². The standard InChI is InChI=1S/C11H18N4O4.ClH/c1-7-4-9(14-19-7)13-10(16)5-15(2)11(17)8(12)6-18-3;/h4,8H,5-6,12H2,1-3H3,(H,13,14,16);1H. The summed E-state index contributed by atoms with van der Waals surface area (Å²) in [5.74, 6) is 0.147. The van der Waals surface area contributed by atoms with Crippen LogP contribution < -0.4 is 11.1 Å². The lowest BCUT2D eigenvalue weighted by Gasteiger charge is -2.20. The third-order valence-corrected chi connectivity index (χ3v) is 2.32. The SMILES string of the molecule is COCC(N)C(=O)N(C)CC(=O)Nc1cc(C)on1.Cl. The molecule has 0 aliphatic rings. The van der Waals surface area contributed by atoms with Crippen LogP contribution in [0.4, 0.5) is 5.82 Å². The van der Waals surface area contributed by atoms with Crippen LogP contribution in [-0.2, 0) is 14.3 Å². The highest BCUT2D eigenvalue weighted by atomic mass is 35.5. The predicted octanol–water partition coefficient (Wildman–Crippen LogP) is -0.225. The van der Waals surface area contributed by atoms with E-state index >= 15 is 0 Å². The Morgan fingerprint density at radius 3 is 2.75 bits per heavy atom. The minimum Gasteiger partial charge on any atom is -0.383 e. The van der Waals surface area contributed by atoms with Gasteiger partial charge in [0, 0.05) is 20.2 Å². The van der Waals surface area contributed by atoms with Crippen molar-refractivity contribution in [3.8, 4) is 0 Å². The van der Waals surface area contributed by atoms with Gasteiger partial charge in [-0.25, -0.2) is 0 Å². The third kappa shape index (κ3) is 5.55. The highest BCUT2D eigenvalue weighted by Crippen LogP contribution is 2.06. The Balaban J connectivity index is 0.00000361. The smallest absolute Gasteiger partial charge is 0.245 e. The molecule has 0 bridgehead atoms. The maximum Gasteiger partial charge on any atom is 0.245 e. The molecule has 1 rings (SSSR count). The number of hydrogen-bond donors (Lipinski definition) is 2. The fourth-order valence-corrected chi connectivity index (χ4v) is 1.43. The van der Waals surface area contributed by atoms with Crippen LogP contribution in [0.2, 0.25) is 0 Å². The highest BCUT2D eigenvalue weighted by Gasteiger charge is 2.20. The molecule has 1 aromatic rings. The van der Waals surface area contributed by atoms with Gasteiger partial charge in [0.2, 0.25) is 11.8 Å². The average Bonchev–Trinajstić information content (AvgIpc) is 2.73. The topological polar surface area (TPSA) is 111 Å². The van der Waals surface area contributed by atoms with Gasteiger partial charge in [0.05, 0.1) is 13.2 Å². The molecule has 0 radical (unpaired) electrons. The molecule has 3 N–H and O–H groups in total. The zero-order chi connectivity index (χ0) is 14.4.